The van der Waals surface area contributed by atoms with E-state index in [2.05, 4.69) is 4.98 Å². The number of hydrogen-bond acceptors (Lipinski definition) is 2. The van der Waals surface area contributed by atoms with Crippen LogP contribution in [0.5, 0.6) is 11.6 Å². The Hall–Kier alpha value is -2.42. The van der Waals surface area contributed by atoms with Crippen molar-refractivity contribution in [3.8, 4) is 11.6 Å². The molecule has 3 rings (SSSR count). The summed E-state index contributed by atoms with van der Waals surface area (Å²) in [7, 11) is 0. The lowest BCUT2D eigenvalue weighted by Gasteiger charge is -2.07. The summed E-state index contributed by atoms with van der Waals surface area (Å²) in [4.78, 5) is 3.69. The van der Waals surface area contributed by atoms with Gasteiger partial charge in [0.1, 0.15) is 5.75 Å². The Morgan fingerprint density at radius 1 is 0.833 bits per heavy atom. The van der Waals surface area contributed by atoms with Crippen LogP contribution < -0.4 is 4.74 Å². The van der Waals surface area contributed by atoms with Gasteiger partial charge in [0.15, 0.2) is 0 Å². The quantitative estimate of drug-likeness (QED) is 0.626. The van der Waals surface area contributed by atoms with E-state index >= 15 is 0 Å². The summed E-state index contributed by atoms with van der Waals surface area (Å²) in [6.07, 6.45) is 0. The summed E-state index contributed by atoms with van der Waals surface area (Å²) in [5, 5.41) is 2.05. The number of hydrogen-bond donors (Lipinski definition) is 0. The second-order valence-corrected chi connectivity index (χ2v) is 3.88. The van der Waals surface area contributed by atoms with Crippen LogP contribution in [0.25, 0.3) is 10.8 Å². The lowest BCUT2D eigenvalue weighted by molar-refractivity contribution is 0.449. The highest BCUT2D eigenvalue weighted by Crippen LogP contribution is 2.28. The average Bonchev–Trinajstić information content (AvgIpc) is 2.39. The summed E-state index contributed by atoms with van der Waals surface area (Å²) in [5.41, 5.74) is 0. The molecule has 1 aromatic heterocycles. The Morgan fingerprint density at radius 3 is 2.50 bits per heavy atom. The first-order valence-corrected chi connectivity index (χ1v) is 5.61. The van der Waals surface area contributed by atoms with Gasteiger partial charge in [-0.1, -0.05) is 42.5 Å². The molecule has 0 saturated carbocycles. The third kappa shape index (κ3) is 2.02. The van der Waals surface area contributed by atoms with Crippen molar-refractivity contribution in [2.75, 3.05) is 0 Å². The molecule has 0 saturated heterocycles. The van der Waals surface area contributed by atoms with Gasteiger partial charge in [-0.3, -0.25) is 0 Å². The van der Waals surface area contributed by atoms with Gasteiger partial charge in [-0.25, -0.2) is 0 Å². The van der Waals surface area contributed by atoms with Crippen LogP contribution in [0.1, 0.15) is 0 Å². The topological polar surface area (TPSA) is 22.1 Å². The number of benzene rings is 2. The fraction of sp³-hybridized carbons (Fsp3) is 0. The first-order chi connectivity index (χ1) is 8.83. The van der Waals surface area contributed by atoms with E-state index in [0.29, 0.717) is 5.75 Å². The number of aromatic nitrogens is 1. The minimum Gasteiger partial charge on any atom is -0.438 e. The Balaban J connectivity index is 2.05. The third-order valence-corrected chi connectivity index (χ3v) is 2.65. The molecule has 0 amide bonds. The number of rotatable bonds is 2. The number of nitrogens with zero attached hydrogens (tertiary/aromatic N) is 1. The second kappa shape index (κ2) is 4.45. The molecule has 1 heterocycles. The first-order valence-electron chi connectivity index (χ1n) is 5.61. The molecule has 88 valence electrons. The molecule has 0 fully saturated rings. The SMILES string of the molecule is Fc1cccc(Oc2cccc3ccccc23)n1. The zero-order valence-corrected chi connectivity index (χ0v) is 9.51. The Labute approximate surface area is 104 Å². The van der Waals surface area contributed by atoms with Gasteiger partial charge in [-0.15, -0.1) is 0 Å². The van der Waals surface area contributed by atoms with Crippen molar-refractivity contribution in [2.24, 2.45) is 0 Å². The van der Waals surface area contributed by atoms with Crippen LogP contribution in [0.15, 0.2) is 60.7 Å². The van der Waals surface area contributed by atoms with Crippen LogP contribution in [0, 0.1) is 5.95 Å². The average molecular weight is 239 g/mol. The molecule has 0 aliphatic heterocycles. The molecule has 2 nitrogen and oxygen atoms in total. The molecule has 0 unspecified atom stereocenters. The van der Waals surface area contributed by atoms with Crippen molar-refractivity contribution < 1.29 is 9.13 Å². The van der Waals surface area contributed by atoms with E-state index in [4.69, 9.17) is 4.74 Å². The van der Waals surface area contributed by atoms with Crippen molar-refractivity contribution in [3.63, 3.8) is 0 Å². The summed E-state index contributed by atoms with van der Waals surface area (Å²) in [6.45, 7) is 0. The van der Waals surface area contributed by atoms with Gasteiger partial charge in [-0.2, -0.15) is 9.37 Å². The lowest BCUT2D eigenvalue weighted by atomic mass is 10.1. The molecule has 0 radical (unpaired) electrons. The van der Waals surface area contributed by atoms with Gasteiger partial charge in [0.25, 0.3) is 0 Å². The fourth-order valence-corrected chi connectivity index (χ4v) is 1.84. The summed E-state index contributed by atoms with van der Waals surface area (Å²) in [5.74, 6) is 0.380. The molecule has 0 atom stereocenters. The van der Waals surface area contributed by atoms with Crippen LogP contribution in [-0.2, 0) is 0 Å². The zero-order valence-electron chi connectivity index (χ0n) is 9.51. The second-order valence-electron chi connectivity index (χ2n) is 3.88. The minimum absolute atomic E-state index is 0.256. The third-order valence-electron chi connectivity index (χ3n) is 2.65. The zero-order chi connectivity index (χ0) is 12.4. The van der Waals surface area contributed by atoms with Crippen LogP contribution in [0.4, 0.5) is 4.39 Å². The number of halogens is 1. The fourth-order valence-electron chi connectivity index (χ4n) is 1.84. The van der Waals surface area contributed by atoms with E-state index in [9.17, 15) is 4.39 Å². The van der Waals surface area contributed by atoms with Gasteiger partial charge in [0.05, 0.1) is 0 Å². The normalized spacial score (nSPS) is 10.5. The van der Waals surface area contributed by atoms with Gasteiger partial charge in [0.2, 0.25) is 11.8 Å². The largest absolute Gasteiger partial charge is 0.438 e. The smallest absolute Gasteiger partial charge is 0.221 e. The van der Waals surface area contributed by atoms with Crippen LogP contribution in [-0.4, -0.2) is 4.98 Å². The van der Waals surface area contributed by atoms with Crippen LogP contribution in [0.3, 0.4) is 0 Å². The molecular weight excluding hydrogens is 229 g/mol. The Bertz CT molecular complexity index is 691. The summed E-state index contributed by atoms with van der Waals surface area (Å²) < 4.78 is 18.6. The van der Waals surface area contributed by atoms with Gasteiger partial charge >= 0.3 is 0 Å². The summed E-state index contributed by atoms with van der Waals surface area (Å²) in [6, 6.07) is 18.1. The standard InChI is InChI=1S/C15H10FNO/c16-14-9-4-10-15(17-14)18-13-8-3-6-11-5-1-2-7-12(11)13/h1-10H. The first kappa shape index (κ1) is 10.7. The Kier molecular flexibility index (Phi) is 2.65. The maximum absolute atomic E-state index is 13.0. The molecule has 0 aliphatic carbocycles. The van der Waals surface area contributed by atoms with E-state index in [0.717, 1.165) is 10.8 Å². The molecule has 3 aromatic rings. The van der Waals surface area contributed by atoms with E-state index < -0.39 is 5.95 Å². The van der Waals surface area contributed by atoms with Crippen molar-refractivity contribution in [2.45, 2.75) is 0 Å². The van der Waals surface area contributed by atoms with Crippen molar-refractivity contribution in [1.29, 1.82) is 0 Å². The number of pyridine rings is 1. The predicted molar refractivity (Wildman–Crippen MR) is 68.2 cm³/mol. The molecule has 0 N–H and O–H groups in total. The predicted octanol–water partition coefficient (Wildman–Crippen LogP) is 4.17. The molecule has 0 bridgehead atoms. The van der Waals surface area contributed by atoms with Crippen molar-refractivity contribution in [3.05, 3.63) is 66.6 Å². The van der Waals surface area contributed by atoms with Gasteiger partial charge in [-0.05, 0) is 17.5 Å². The van der Waals surface area contributed by atoms with Crippen molar-refractivity contribution in [1.82, 2.24) is 4.98 Å². The number of fused-ring (bicyclic) bond motifs is 1. The Morgan fingerprint density at radius 2 is 1.61 bits per heavy atom. The highest BCUT2D eigenvalue weighted by atomic mass is 19.1. The number of ether oxygens (including phenoxy) is 1. The van der Waals surface area contributed by atoms with Crippen molar-refractivity contribution >= 4 is 10.8 Å². The molecular formula is C15H10FNO. The van der Waals surface area contributed by atoms with E-state index in [1.165, 1.54) is 6.07 Å². The molecule has 0 spiro atoms. The minimum atomic E-state index is -0.548. The summed E-state index contributed by atoms with van der Waals surface area (Å²) >= 11 is 0. The van der Waals surface area contributed by atoms with E-state index in [1.807, 2.05) is 42.5 Å². The highest BCUT2D eigenvalue weighted by molar-refractivity contribution is 5.88. The van der Waals surface area contributed by atoms with Gasteiger partial charge in [0, 0.05) is 11.5 Å². The highest BCUT2D eigenvalue weighted by Gasteiger charge is 2.04. The maximum atomic E-state index is 13.0. The van der Waals surface area contributed by atoms with Crippen LogP contribution in [0.2, 0.25) is 0 Å². The molecule has 0 aliphatic rings. The van der Waals surface area contributed by atoms with E-state index in [-0.39, 0.29) is 5.88 Å². The molecule has 3 heteroatoms. The molecule has 2 aromatic carbocycles. The van der Waals surface area contributed by atoms with Crippen LogP contribution >= 0.6 is 0 Å². The van der Waals surface area contributed by atoms with Gasteiger partial charge < -0.3 is 4.74 Å². The van der Waals surface area contributed by atoms with E-state index in [1.54, 1.807) is 12.1 Å². The lowest BCUT2D eigenvalue weighted by Crippen LogP contribution is -1.90. The monoisotopic (exact) mass is 239 g/mol. The maximum Gasteiger partial charge on any atom is 0.221 e. The molecule has 18 heavy (non-hydrogen) atoms.